The number of benzene rings is 2. The standard InChI is InChI=1S/C27H22N2O8/c1-34-23-15-18(8-11-21(23)37-24(30)13-9-17-6-4-3-5-7-17)14-20-25(31)29(27(33)28-20)16-19-10-12-22(36-19)26(32)35-2/h3-15H,16H2,1-2H3,(H,28,33)/b13-9+,20-14-. The molecule has 1 fully saturated rings. The second kappa shape index (κ2) is 11.1. The second-order valence-corrected chi connectivity index (χ2v) is 7.71. The zero-order valence-electron chi connectivity index (χ0n) is 19.9. The first-order chi connectivity index (χ1) is 17.9. The largest absolute Gasteiger partial charge is 0.493 e. The van der Waals surface area contributed by atoms with Gasteiger partial charge in [-0.25, -0.2) is 14.4 Å². The Morgan fingerprint density at radius 1 is 0.973 bits per heavy atom. The number of carbonyl (C=O) groups is 4. The van der Waals surface area contributed by atoms with Crippen molar-refractivity contribution in [2.24, 2.45) is 0 Å². The third-order valence-electron chi connectivity index (χ3n) is 5.25. The molecular weight excluding hydrogens is 480 g/mol. The number of carbonyl (C=O) groups excluding carboxylic acids is 4. The topological polar surface area (TPSA) is 124 Å². The minimum Gasteiger partial charge on any atom is -0.493 e. The number of nitrogens with one attached hydrogen (secondary N) is 1. The van der Waals surface area contributed by atoms with E-state index in [9.17, 15) is 19.2 Å². The number of esters is 2. The maximum Gasteiger partial charge on any atom is 0.373 e. The molecule has 0 atom stereocenters. The summed E-state index contributed by atoms with van der Waals surface area (Å²) in [5.41, 5.74) is 1.40. The number of nitrogens with zero attached hydrogens (tertiary/aromatic N) is 1. The molecule has 188 valence electrons. The maximum atomic E-state index is 12.8. The molecule has 0 aliphatic carbocycles. The molecule has 0 bridgehead atoms. The number of urea groups is 1. The van der Waals surface area contributed by atoms with Crippen LogP contribution in [0.1, 0.15) is 27.4 Å². The first-order valence-electron chi connectivity index (χ1n) is 11.0. The van der Waals surface area contributed by atoms with Crippen molar-refractivity contribution in [1.82, 2.24) is 10.2 Å². The SMILES string of the molecule is COC(=O)c1ccc(CN2C(=O)N/C(=C\c3ccc(OC(=O)/C=C/c4ccccc4)c(OC)c3)C2=O)o1. The zero-order chi connectivity index (χ0) is 26.4. The average Bonchev–Trinajstić information content (AvgIpc) is 3.48. The van der Waals surface area contributed by atoms with Gasteiger partial charge in [-0.1, -0.05) is 36.4 Å². The van der Waals surface area contributed by atoms with E-state index >= 15 is 0 Å². The lowest BCUT2D eigenvalue weighted by molar-refractivity contribution is -0.129. The summed E-state index contributed by atoms with van der Waals surface area (Å²) in [7, 11) is 2.63. The van der Waals surface area contributed by atoms with Gasteiger partial charge in [-0.3, -0.25) is 9.69 Å². The molecule has 37 heavy (non-hydrogen) atoms. The third-order valence-corrected chi connectivity index (χ3v) is 5.25. The Morgan fingerprint density at radius 2 is 1.76 bits per heavy atom. The Morgan fingerprint density at radius 3 is 2.49 bits per heavy atom. The van der Waals surface area contributed by atoms with Gasteiger partial charge in [0, 0.05) is 6.08 Å². The van der Waals surface area contributed by atoms with E-state index in [0.29, 0.717) is 5.56 Å². The van der Waals surface area contributed by atoms with Crippen LogP contribution in [0.5, 0.6) is 11.5 Å². The lowest BCUT2D eigenvalue weighted by Crippen LogP contribution is -2.30. The van der Waals surface area contributed by atoms with E-state index in [-0.39, 0.29) is 35.3 Å². The summed E-state index contributed by atoms with van der Waals surface area (Å²) in [6, 6.07) is 16.2. The van der Waals surface area contributed by atoms with Crippen molar-refractivity contribution >= 4 is 36.0 Å². The molecular formula is C27H22N2O8. The molecule has 1 aliphatic heterocycles. The second-order valence-electron chi connectivity index (χ2n) is 7.71. The van der Waals surface area contributed by atoms with Gasteiger partial charge in [-0.05, 0) is 47.5 Å². The van der Waals surface area contributed by atoms with Crippen LogP contribution in [-0.2, 0) is 20.9 Å². The molecule has 1 N–H and O–H groups in total. The fourth-order valence-electron chi connectivity index (χ4n) is 3.44. The Labute approximate surface area is 211 Å². The number of methoxy groups -OCH3 is 2. The van der Waals surface area contributed by atoms with E-state index in [1.165, 1.54) is 44.6 Å². The van der Waals surface area contributed by atoms with Crippen LogP contribution < -0.4 is 14.8 Å². The normalized spacial score (nSPS) is 14.2. The predicted molar refractivity (Wildman–Crippen MR) is 131 cm³/mol. The van der Waals surface area contributed by atoms with Gasteiger partial charge in [-0.2, -0.15) is 0 Å². The van der Waals surface area contributed by atoms with Crippen LogP contribution in [0.3, 0.4) is 0 Å². The van der Waals surface area contributed by atoms with Crippen molar-refractivity contribution in [3.8, 4) is 11.5 Å². The van der Waals surface area contributed by atoms with Crippen molar-refractivity contribution in [3.63, 3.8) is 0 Å². The zero-order valence-corrected chi connectivity index (χ0v) is 19.9. The summed E-state index contributed by atoms with van der Waals surface area (Å²) >= 11 is 0. The highest BCUT2D eigenvalue weighted by atomic mass is 16.6. The van der Waals surface area contributed by atoms with E-state index in [0.717, 1.165) is 10.5 Å². The van der Waals surface area contributed by atoms with Crippen LogP contribution in [0.15, 0.2) is 76.9 Å². The first kappa shape index (κ1) is 25.0. The molecule has 0 spiro atoms. The van der Waals surface area contributed by atoms with E-state index in [2.05, 4.69) is 10.1 Å². The Kier molecular flexibility index (Phi) is 7.48. The van der Waals surface area contributed by atoms with Gasteiger partial charge in [0.1, 0.15) is 11.5 Å². The lowest BCUT2D eigenvalue weighted by Gasteiger charge is -2.10. The number of amides is 3. The average molecular weight is 502 g/mol. The van der Waals surface area contributed by atoms with E-state index in [1.807, 2.05) is 30.3 Å². The highest BCUT2D eigenvalue weighted by Gasteiger charge is 2.34. The molecule has 0 unspecified atom stereocenters. The monoisotopic (exact) mass is 502 g/mol. The van der Waals surface area contributed by atoms with Crippen molar-refractivity contribution < 1.29 is 37.8 Å². The highest BCUT2D eigenvalue weighted by Crippen LogP contribution is 2.30. The summed E-state index contributed by atoms with van der Waals surface area (Å²) in [5.74, 6) is -1.19. The molecule has 10 heteroatoms. The molecule has 0 saturated carbocycles. The van der Waals surface area contributed by atoms with Crippen LogP contribution in [-0.4, -0.2) is 43.0 Å². The van der Waals surface area contributed by atoms with Gasteiger partial charge < -0.3 is 23.9 Å². The summed E-state index contributed by atoms with van der Waals surface area (Å²) in [6.45, 7) is -0.173. The molecule has 0 radical (unpaired) electrons. The van der Waals surface area contributed by atoms with Gasteiger partial charge >= 0.3 is 18.0 Å². The molecule has 1 aliphatic rings. The van der Waals surface area contributed by atoms with Gasteiger partial charge in [0.25, 0.3) is 5.91 Å². The number of hydrogen-bond acceptors (Lipinski definition) is 8. The van der Waals surface area contributed by atoms with Crippen molar-refractivity contribution in [2.45, 2.75) is 6.54 Å². The number of rotatable bonds is 8. The number of ether oxygens (including phenoxy) is 3. The van der Waals surface area contributed by atoms with Gasteiger partial charge in [0.05, 0.1) is 20.8 Å². The van der Waals surface area contributed by atoms with Gasteiger partial charge in [0.2, 0.25) is 5.76 Å². The van der Waals surface area contributed by atoms with Crippen LogP contribution >= 0.6 is 0 Å². The molecule has 2 heterocycles. The predicted octanol–water partition coefficient (Wildman–Crippen LogP) is 3.79. The van der Waals surface area contributed by atoms with E-state index < -0.39 is 23.9 Å². The summed E-state index contributed by atoms with van der Waals surface area (Å²) in [6.07, 6.45) is 4.40. The summed E-state index contributed by atoms with van der Waals surface area (Å²) < 4.78 is 20.6. The van der Waals surface area contributed by atoms with Crippen LogP contribution in [0, 0.1) is 0 Å². The molecule has 3 amide bonds. The lowest BCUT2D eigenvalue weighted by atomic mass is 10.1. The van der Waals surface area contributed by atoms with Gasteiger partial charge in [0.15, 0.2) is 11.5 Å². The third kappa shape index (κ3) is 5.93. The number of furan rings is 1. The molecule has 1 saturated heterocycles. The number of imide groups is 1. The fraction of sp³-hybridized carbons (Fsp3) is 0.111. The highest BCUT2D eigenvalue weighted by molar-refractivity contribution is 6.13. The molecule has 2 aromatic carbocycles. The minimum absolute atomic E-state index is 0.0299. The fourth-order valence-corrected chi connectivity index (χ4v) is 3.44. The molecule has 10 nitrogen and oxygen atoms in total. The van der Waals surface area contributed by atoms with E-state index in [4.69, 9.17) is 13.9 Å². The molecule has 3 aromatic rings. The minimum atomic E-state index is -0.667. The summed E-state index contributed by atoms with van der Waals surface area (Å²) in [5, 5.41) is 2.51. The van der Waals surface area contributed by atoms with Crippen LogP contribution in [0.25, 0.3) is 12.2 Å². The Balaban J connectivity index is 1.45. The van der Waals surface area contributed by atoms with Gasteiger partial charge in [-0.15, -0.1) is 0 Å². The van der Waals surface area contributed by atoms with Crippen molar-refractivity contribution in [3.05, 3.63) is 95.1 Å². The summed E-state index contributed by atoms with van der Waals surface area (Å²) in [4.78, 5) is 49.9. The quantitative estimate of drug-likeness (QED) is 0.214. The maximum absolute atomic E-state index is 12.8. The Bertz CT molecular complexity index is 1400. The van der Waals surface area contributed by atoms with Crippen molar-refractivity contribution in [2.75, 3.05) is 14.2 Å². The van der Waals surface area contributed by atoms with Crippen LogP contribution in [0.2, 0.25) is 0 Å². The molecule has 1 aromatic heterocycles. The first-order valence-corrected chi connectivity index (χ1v) is 11.0. The van der Waals surface area contributed by atoms with E-state index in [1.54, 1.807) is 18.2 Å². The van der Waals surface area contributed by atoms with Crippen molar-refractivity contribution in [1.29, 1.82) is 0 Å². The molecule has 4 rings (SSSR count). The van der Waals surface area contributed by atoms with Crippen LogP contribution in [0.4, 0.5) is 4.79 Å². The Hall–Kier alpha value is -5.12. The number of hydrogen-bond donors (Lipinski definition) is 1. The smallest absolute Gasteiger partial charge is 0.373 e.